The van der Waals surface area contributed by atoms with Crippen molar-refractivity contribution in [1.29, 1.82) is 0 Å². The number of aromatic nitrogens is 2. The van der Waals surface area contributed by atoms with Crippen LogP contribution in [0.4, 0.5) is 0 Å². The maximum absolute atomic E-state index is 5.93. The second-order valence-corrected chi connectivity index (χ2v) is 5.48. The van der Waals surface area contributed by atoms with Gasteiger partial charge in [-0.2, -0.15) is 16.9 Å². The van der Waals surface area contributed by atoms with E-state index in [0.717, 1.165) is 11.4 Å². The lowest BCUT2D eigenvalue weighted by atomic mass is 10.1. The van der Waals surface area contributed by atoms with Gasteiger partial charge in [0.1, 0.15) is 0 Å². The molecule has 0 amide bonds. The van der Waals surface area contributed by atoms with Crippen LogP contribution >= 0.6 is 11.8 Å². The Morgan fingerprint density at radius 3 is 2.65 bits per heavy atom. The van der Waals surface area contributed by atoms with Crippen molar-refractivity contribution in [2.24, 2.45) is 12.8 Å². The van der Waals surface area contributed by atoms with Crippen LogP contribution in [0.1, 0.15) is 24.2 Å². The summed E-state index contributed by atoms with van der Waals surface area (Å²) in [7, 11) is 4.10. The largest absolute Gasteiger partial charge is 0.329 e. The topological polar surface area (TPSA) is 47.1 Å². The quantitative estimate of drug-likeness (QED) is 0.836. The summed E-state index contributed by atoms with van der Waals surface area (Å²) in [5.74, 6) is 1.12. The number of rotatable bonds is 6. The van der Waals surface area contributed by atoms with Crippen LogP contribution in [0.5, 0.6) is 0 Å². The molecule has 2 N–H and O–H groups in total. The highest BCUT2D eigenvalue weighted by molar-refractivity contribution is 7.98. The third-order valence-corrected chi connectivity index (χ3v) is 4.04. The van der Waals surface area contributed by atoms with Crippen molar-refractivity contribution in [3.05, 3.63) is 17.5 Å². The average Bonchev–Trinajstić information content (AvgIpc) is 2.59. The number of nitrogens with zero attached hydrogens (tertiary/aromatic N) is 3. The lowest BCUT2D eigenvalue weighted by molar-refractivity contribution is 0.203. The molecule has 2 atom stereocenters. The summed E-state index contributed by atoms with van der Waals surface area (Å²) in [5.41, 5.74) is 8.25. The Bertz CT molecular complexity index is 350. The maximum Gasteiger partial charge on any atom is 0.0641 e. The molecule has 1 heterocycles. The number of nitrogens with two attached hydrogens (primary N) is 1. The van der Waals surface area contributed by atoms with Crippen LogP contribution in [-0.2, 0) is 7.05 Å². The molecule has 17 heavy (non-hydrogen) atoms. The predicted octanol–water partition coefficient (Wildman–Crippen LogP) is 1.41. The van der Waals surface area contributed by atoms with Gasteiger partial charge in [-0.15, -0.1) is 0 Å². The third kappa shape index (κ3) is 3.47. The Hall–Kier alpha value is -0.520. The Kier molecular flexibility index (Phi) is 5.49. The van der Waals surface area contributed by atoms with Gasteiger partial charge < -0.3 is 5.73 Å². The molecule has 0 aliphatic heterocycles. The number of hydrogen-bond acceptors (Lipinski definition) is 4. The van der Waals surface area contributed by atoms with Crippen molar-refractivity contribution >= 4 is 11.8 Å². The van der Waals surface area contributed by atoms with Crippen LogP contribution in [0.2, 0.25) is 0 Å². The summed E-state index contributed by atoms with van der Waals surface area (Å²) in [5, 5.41) is 4.40. The van der Waals surface area contributed by atoms with Crippen LogP contribution in [0.3, 0.4) is 0 Å². The summed E-state index contributed by atoms with van der Waals surface area (Å²) >= 11 is 1.87. The van der Waals surface area contributed by atoms with E-state index in [-0.39, 0.29) is 6.04 Å². The van der Waals surface area contributed by atoms with Crippen molar-refractivity contribution in [3.8, 4) is 0 Å². The molecule has 1 rings (SSSR count). The molecule has 5 heteroatoms. The number of aryl methyl sites for hydroxylation is 2. The van der Waals surface area contributed by atoms with E-state index in [1.165, 1.54) is 5.56 Å². The molecule has 0 radical (unpaired) electrons. The monoisotopic (exact) mass is 256 g/mol. The van der Waals surface area contributed by atoms with E-state index >= 15 is 0 Å². The van der Waals surface area contributed by atoms with Gasteiger partial charge in [0.05, 0.1) is 11.7 Å². The molecule has 0 aliphatic rings. The Balaban J connectivity index is 2.87. The summed E-state index contributed by atoms with van der Waals surface area (Å²) in [6, 6.07) is 0.768. The fourth-order valence-corrected chi connectivity index (χ4v) is 2.84. The molecular formula is C12H24N4S. The number of likely N-dealkylation sites (N-methyl/N-ethyl adjacent to an activating group) is 1. The molecule has 98 valence electrons. The molecule has 0 fully saturated rings. The normalized spacial score (nSPS) is 15.2. The fourth-order valence-electron chi connectivity index (χ4n) is 2.12. The van der Waals surface area contributed by atoms with E-state index in [0.29, 0.717) is 12.6 Å². The summed E-state index contributed by atoms with van der Waals surface area (Å²) < 4.78 is 1.86. The van der Waals surface area contributed by atoms with Crippen molar-refractivity contribution in [1.82, 2.24) is 14.7 Å². The zero-order valence-corrected chi connectivity index (χ0v) is 12.3. The SMILES string of the molecule is CSCC(C)N(C)C(CN)c1cn(C)nc1C. The van der Waals surface area contributed by atoms with Gasteiger partial charge in [0.25, 0.3) is 0 Å². The van der Waals surface area contributed by atoms with Crippen molar-refractivity contribution in [3.63, 3.8) is 0 Å². The Morgan fingerprint density at radius 2 is 2.24 bits per heavy atom. The second kappa shape index (κ2) is 6.42. The molecule has 0 spiro atoms. The zero-order valence-electron chi connectivity index (χ0n) is 11.5. The zero-order chi connectivity index (χ0) is 13.0. The minimum atomic E-state index is 0.255. The van der Waals surface area contributed by atoms with Gasteiger partial charge in [-0.3, -0.25) is 9.58 Å². The third-order valence-electron chi connectivity index (χ3n) is 3.23. The fraction of sp³-hybridized carbons (Fsp3) is 0.750. The maximum atomic E-state index is 5.93. The summed E-state index contributed by atoms with van der Waals surface area (Å²) in [6.07, 6.45) is 4.21. The van der Waals surface area contributed by atoms with Gasteiger partial charge in [0, 0.05) is 37.1 Å². The van der Waals surface area contributed by atoms with Gasteiger partial charge in [-0.05, 0) is 27.2 Å². The molecule has 2 unspecified atom stereocenters. The lowest BCUT2D eigenvalue weighted by Crippen LogP contribution is -2.38. The van der Waals surface area contributed by atoms with Gasteiger partial charge in [0.15, 0.2) is 0 Å². The van der Waals surface area contributed by atoms with Gasteiger partial charge in [-0.25, -0.2) is 0 Å². The molecule has 0 bridgehead atoms. The van der Waals surface area contributed by atoms with E-state index in [9.17, 15) is 0 Å². The molecule has 0 aromatic carbocycles. The molecule has 0 saturated carbocycles. The highest BCUT2D eigenvalue weighted by Crippen LogP contribution is 2.23. The van der Waals surface area contributed by atoms with Crippen molar-refractivity contribution < 1.29 is 0 Å². The Morgan fingerprint density at radius 1 is 1.59 bits per heavy atom. The lowest BCUT2D eigenvalue weighted by Gasteiger charge is -2.32. The molecule has 0 aliphatic carbocycles. The molecular weight excluding hydrogens is 232 g/mol. The van der Waals surface area contributed by atoms with E-state index in [2.05, 4.69) is 36.4 Å². The van der Waals surface area contributed by atoms with Crippen LogP contribution in [-0.4, -0.2) is 46.3 Å². The van der Waals surface area contributed by atoms with E-state index in [1.807, 2.05) is 30.4 Å². The highest BCUT2D eigenvalue weighted by Gasteiger charge is 2.23. The number of thioether (sulfide) groups is 1. The van der Waals surface area contributed by atoms with E-state index in [4.69, 9.17) is 5.73 Å². The highest BCUT2D eigenvalue weighted by atomic mass is 32.2. The minimum absolute atomic E-state index is 0.255. The summed E-state index contributed by atoms with van der Waals surface area (Å²) in [4.78, 5) is 2.35. The first-order valence-electron chi connectivity index (χ1n) is 5.92. The van der Waals surface area contributed by atoms with Gasteiger partial charge in [0.2, 0.25) is 0 Å². The van der Waals surface area contributed by atoms with Crippen LogP contribution in [0.25, 0.3) is 0 Å². The summed E-state index contributed by atoms with van der Waals surface area (Å²) in [6.45, 7) is 4.91. The van der Waals surface area contributed by atoms with Crippen LogP contribution in [0, 0.1) is 6.92 Å². The van der Waals surface area contributed by atoms with Crippen LogP contribution in [0.15, 0.2) is 6.20 Å². The van der Waals surface area contributed by atoms with Crippen LogP contribution < -0.4 is 5.73 Å². The predicted molar refractivity (Wildman–Crippen MR) is 75.3 cm³/mol. The van der Waals surface area contributed by atoms with Crippen molar-refractivity contribution in [2.75, 3.05) is 25.6 Å². The molecule has 4 nitrogen and oxygen atoms in total. The molecule has 1 aromatic heterocycles. The average molecular weight is 256 g/mol. The van der Waals surface area contributed by atoms with Gasteiger partial charge in [-0.1, -0.05) is 0 Å². The first-order valence-corrected chi connectivity index (χ1v) is 7.31. The minimum Gasteiger partial charge on any atom is -0.329 e. The van der Waals surface area contributed by atoms with Crippen molar-refractivity contribution in [2.45, 2.75) is 25.9 Å². The first kappa shape index (κ1) is 14.5. The van der Waals surface area contributed by atoms with Gasteiger partial charge >= 0.3 is 0 Å². The standard InChI is InChI=1S/C12H24N4S/c1-9(8-17-5)16(4)12(6-13)11-7-15(3)14-10(11)2/h7,9,12H,6,8,13H2,1-5H3. The number of hydrogen-bond donors (Lipinski definition) is 1. The van der Waals surface area contributed by atoms with E-state index < -0.39 is 0 Å². The smallest absolute Gasteiger partial charge is 0.0641 e. The molecule has 1 aromatic rings. The second-order valence-electron chi connectivity index (χ2n) is 4.56. The molecule has 0 saturated heterocycles. The first-order chi connectivity index (χ1) is 8.01. The Labute approximate surface area is 109 Å². The van der Waals surface area contributed by atoms with E-state index in [1.54, 1.807) is 0 Å².